The van der Waals surface area contributed by atoms with Gasteiger partial charge in [-0.05, 0) is 29.8 Å². The van der Waals surface area contributed by atoms with Gasteiger partial charge in [0.2, 0.25) is 0 Å². The Morgan fingerprint density at radius 1 is 1.00 bits per heavy atom. The van der Waals surface area contributed by atoms with Gasteiger partial charge in [0.15, 0.2) is 0 Å². The third-order valence-electron chi connectivity index (χ3n) is 3.19. The van der Waals surface area contributed by atoms with Crippen molar-refractivity contribution in [3.8, 4) is 5.69 Å². The summed E-state index contributed by atoms with van der Waals surface area (Å²) < 4.78 is 1.76. The van der Waals surface area contributed by atoms with Crippen LogP contribution in [0.1, 0.15) is 11.1 Å². The Hall–Kier alpha value is -2.26. The van der Waals surface area contributed by atoms with Gasteiger partial charge in [-0.2, -0.15) is 5.10 Å². The lowest BCUT2D eigenvalue weighted by atomic mass is 10.1. The second kappa shape index (κ2) is 5.39. The number of nitrogens with two attached hydrogens (primary N) is 1. The molecule has 0 radical (unpaired) electrons. The summed E-state index contributed by atoms with van der Waals surface area (Å²) >= 11 is 5.89. The standard InChI is InChI=1S/C16H14ClN3/c17-14-8-6-12(7-9-14)10-13-11-19-20(16(13)18)15-4-2-1-3-5-15/h1-9,11H,10,18H2. The Morgan fingerprint density at radius 3 is 2.40 bits per heavy atom. The quantitative estimate of drug-likeness (QED) is 0.796. The molecule has 0 spiro atoms. The van der Waals surface area contributed by atoms with Gasteiger partial charge in [-0.1, -0.05) is 41.9 Å². The third kappa shape index (κ3) is 2.53. The largest absolute Gasteiger partial charge is 0.383 e. The first-order valence-corrected chi connectivity index (χ1v) is 6.74. The maximum Gasteiger partial charge on any atom is 0.130 e. The maximum absolute atomic E-state index is 6.19. The number of hydrogen-bond donors (Lipinski definition) is 1. The number of hydrogen-bond acceptors (Lipinski definition) is 2. The summed E-state index contributed by atoms with van der Waals surface area (Å²) in [4.78, 5) is 0. The van der Waals surface area contributed by atoms with E-state index in [4.69, 9.17) is 17.3 Å². The van der Waals surface area contributed by atoms with E-state index in [-0.39, 0.29) is 0 Å². The van der Waals surface area contributed by atoms with Crippen LogP contribution in [0.2, 0.25) is 5.02 Å². The fraction of sp³-hybridized carbons (Fsp3) is 0.0625. The van der Waals surface area contributed by atoms with Crippen LogP contribution in [-0.2, 0) is 6.42 Å². The number of benzene rings is 2. The number of anilines is 1. The van der Waals surface area contributed by atoms with E-state index in [1.807, 2.05) is 60.8 Å². The van der Waals surface area contributed by atoms with Gasteiger partial charge >= 0.3 is 0 Å². The smallest absolute Gasteiger partial charge is 0.130 e. The van der Waals surface area contributed by atoms with Crippen LogP contribution in [0, 0.1) is 0 Å². The summed E-state index contributed by atoms with van der Waals surface area (Å²) in [6.45, 7) is 0. The van der Waals surface area contributed by atoms with Crippen molar-refractivity contribution in [2.45, 2.75) is 6.42 Å². The molecule has 0 atom stereocenters. The number of para-hydroxylation sites is 1. The van der Waals surface area contributed by atoms with Gasteiger partial charge in [-0.25, -0.2) is 4.68 Å². The summed E-state index contributed by atoms with van der Waals surface area (Å²) in [5, 5.41) is 5.10. The van der Waals surface area contributed by atoms with Gasteiger partial charge in [-0.15, -0.1) is 0 Å². The van der Waals surface area contributed by atoms with Crippen molar-refractivity contribution in [1.29, 1.82) is 0 Å². The Balaban J connectivity index is 1.89. The lowest BCUT2D eigenvalue weighted by Gasteiger charge is -2.05. The van der Waals surface area contributed by atoms with Crippen molar-refractivity contribution < 1.29 is 0 Å². The van der Waals surface area contributed by atoms with Crippen molar-refractivity contribution in [2.75, 3.05) is 5.73 Å². The molecule has 3 nitrogen and oxygen atoms in total. The number of rotatable bonds is 3. The van der Waals surface area contributed by atoms with Gasteiger partial charge in [0.1, 0.15) is 5.82 Å². The Labute approximate surface area is 122 Å². The molecule has 1 aromatic heterocycles. The third-order valence-corrected chi connectivity index (χ3v) is 3.45. The van der Waals surface area contributed by atoms with Gasteiger partial charge in [0.05, 0.1) is 11.9 Å². The molecule has 100 valence electrons. The van der Waals surface area contributed by atoms with Crippen molar-refractivity contribution in [2.24, 2.45) is 0 Å². The van der Waals surface area contributed by atoms with E-state index in [9.17, 15) is 0 Å². The molecule has 2 aromatic carbocycles. The highest BCUT2D eigenvalue weighted by atomic mass is 35.5. The van der Waals surface area contributed by atoms with E-state index in [1.54, 1.807) is 4.68 Å². The first-order chi connectivity index (χ1) is 9.74. The molecule has 0 saturated heterocycles. The van der Waals surface area contributed by atoms with Crippen LogP contribution in [0.5, 0.6) is 0 Å². The highest BCUT2D eigenvalue weighted by Crippen LogP contribution is 2.20. The second-order valence-corrected chi connectivity index (χ2v) is 5.04. The van der Waals surface area contributed by atoms with Crippen LogP contribution in [0.4, 0.5) is 5.82 Å². The maximum atomic E-state index is 6.19. The summed E-state index contributed by atoms with van der Waals surface area (Å²) in [6.07, 6.45) is 2.56. The highest BCUT2D eigenvalue weighted by molar-refractivity contribution is 6.30. The lowest BCUT2D eigenvalue weighted by molar-refractivity contribution is 0.891. The highest BCUT2D eigenvalue weighted by Gasteiger charge is 2.09. The number of halogens is 1. The zero-order chi connectivity index (χ0) is 13.9. The van der Waals surface area contributed by atoms with Gasteiger partial charge in [0, 0.05) is 17.0 Å². The SMILES string of the molecule is Nc1c(Cc2ccc(Cl)cc2)cnn1-c1ccccc1. The average molecular weight is 284 g/mol. The van der Waals surface area contributed by atoms with E-state index in [2.05, 4.69) is 5.10 Å². The van der Waals surface area contributed by atoms with Crippen LogP contribution in [0.3, 0.4) is 0 Å². The predicted octanol–water partition coefficient (Wildman–Crippen LogP) is 3.70. The van der Waals surface area contributed by atoms with E-state index in [0.717, 1.165) is 28.3 Å². The fourth-order valence-electron chi connectivity index (χ4n) is 2.13. The topological polar surface area (TPSA) is 43.8 Å². The Morgan fingerprint density at radius 2 is 1.70 bits per heavy atom. The first kappa shape index (κ1) is 12.8. The van der Waals surface area contributed by atoms with E-state index in [1.165, 1.54) is 0 Å². The lowest BCUT2D eigenvalue weighted by Crippen LogP contribution is -2.03. The predicted molar refractivity (Wildman–Crippen MR) is 82.2 cm³/mol. The summed E-state index contributed by atoms with van der Waals surface area (Å²) in [7, 11) is 0. The number of aromatic nitrogens is 2. The molecular formula is C16H14ClN3. The van der Waals surface area contributed by atoms with Crippen LogP contribution < -0.4 is 5.73 Å². The molecule has 0 bridgehead atoms. The van der Waals surface area contributed by atoms with Crippen molar-refractivity contribution in [3.05, 3.63) is 76.9 Å². The molecule has 0 aliphatic heterocycles. The van der Waals surface area contributed by atoms with Gasteiger partial charge in [-0.3, -0.25) is 0 Å². The van der Waals surface area contributed by atoms with E-state index >= 15 is 0 Å². The fourth-order valence-corrected chi connectivity index (χ4v) is 2.25. The minimum absolute atomic E-state index is 0.672. The van der Waals surface area contributed by atoms with Crippen LogP contribution in [-0.4, -0.2) is 9.78 Å². The second-order valence-electron chi connectivity index (χ2n) is 4.61. The molecule has 0 amide bonds. The molecule has 0 aliphatic carbocycles. The molecule has 0 aliphatic rings. The molecule has 1 heterocycles. The van der Waals surface area contributed by atoms with Crippen LogP contribution in [0.25, 0.3) is 5.69 Å². The molecule has 0 fully saturated rings. The summed E-state index contributed by atoms with van der Waals surface area (Å²) in [5.41, 5.74) is 9.32. The van der Waals surface area contributed by atoms with E-state index in [0.29, 0.717) is 5.82 Å². The minimum atomic E-state index is 0.672. The molecule has 3 aromatic rings. The zero-order valence-electron chi connectivity index (χ0n) is 10.8. The molecule has 0 unspecified atom stereocenters. The van der Waals surface area contributed by atoms with Crippen molar-refractivity contribution >= 4 is 17.4 Å². The minimum Gasteiger partial charge on any atom is -0.383 e. The van der Waals surface area contributed by atoms with Crippen LogP contribution >= 0.6 is 11.6 Å². The molecule has 0 saturated carbocycles. The molecule has 3 rings (SSSR count). The Bertz CT molecular complexity index is 702. The first-order valence-electron chi connectivity index (χ1n) is 6.36. The van der Waals surface area contributed by atoms with E-state index < -0.39 is 0 Å². The summed E-state index contributed by atoms with van der Waals surface area (Å²) in [6, 6.07) is 17.6. The zero-order valence-corrected chi connectivity index (χ0v) is 11.6. The molecule has 2 N–H and O–H groups in total. The normalized spacial score (nSPS) is 10.7. The van der Waals surface area contributed by atoms with Crippen LogP contribution in [0.15, 0.2) is 60.8 Å². The van der Waals surface area contributed by atoms with Crippen molar-refractivity contribution in [1.82, 2.24) is 9.78 Å². The Kier molecular flexibility index (Phi) is 3.44. The number of nitrogens with zero attached hydrogens (tertiary/aromatic N) is 2. The van der Waals surface area contributed by atoms with Gasteiger partial charge < -0.3 is 5.73 Å². The average Bonchev–Trinajstić information content (AvgIpc) is 2.84. The summed E-state index contributed by atoms with van der Waals surface area (Å²) in [5.74, 6) is 0.672. The molecule has 4 heteroatoms. The molecular weight excluding hydrogens is 270 g/mol. The van der Waals surface area contributed by atoms with Gasteiger partial charge in [0.25, 0.3) is 0 Å². The molecule has 20 heavy (non-hydrogen) atoms. The van der Waals surface area contributed by atoms with Crippen molar-refractivity contribution in [3.63, 3.8) is 0 Å². The number of nitrogen functional groups attached to an aromatic ring is 1. The monoisotopic (exact) mass is 283 g/mol.